The highest BCUT2D eigenvalue weighted by atomic mass is 14.9. The van der Waals surface area contributed by atoms with Crippen molar-refractivity contribution in [1.82, 2.24) is 5.32 Å². The Kier molecular flexibility index (Phi) is 3.36. The molecule has 2 rings (SSSR count). The summed E-state index contributed by atoms with van der Waals surface area (Å²) in [4.78, 5) is 0. The van der Waals surface area contributed by atoms with Crippen LogP contribution in [-0.2, 0) is 0 Å². The van der Waals surface area contributed by atoms with Gasteiger partial charge in [-0.25, -0.2) is 0 Å². The molecule has 0 radical (unpaired) electrons. The zero-order valence-corrected chi connectivity index (χ0v) is 10.3. The summed E-state index contributed by atoms with van der Waals surface area (Å²) in [5.74, 6) is 3.12. The third kappa shape index (κ3) is 4.12. The van der Waals surface area contributed by atoms with Crippen molar-refractivity contribution in [1.29, 1.82) is 0 Å². The van der Waals surface area contributed by atoms with E-state index in [1.165, 1.54) is 32.2 Å². The molecule has 0 unspecified atom stereocenters. The first kappa shape index (κ1) is 11.4. The van der Waals surface area contributed by atoms with Crippen LogP contribution in [0.25, 0.3) is 0 Å². The molecule has 0 aliphatic heterocycles. The van der Waals surface area contributed by atoms with Gasteiger partial charge in [0.15, 0.2) is 0 Å². The lowest BCUT2D eigenvalue weighted by Crippen LogP contribution is -2.37. The summed E-state index contributed by atoms with van der Waals surface area (Å²) in [6.45, 7) is 6.53. The van der Waals surface area contributed by atoms with E-state index < -0.39 is 0 Å². The van der Waals surface area contributed by atoms with Crippen LogP contribution in [0.3, 0.4) is 0 Å². The molecule has 2 aliphatic carbocycles. The predicted molar refractivity (Wildman–Crippen MR) is 64.7 cm³/mol. The van der Waals surface area contributed by atoms with Crippen LogP contribution in [0.5, 0.6) is 0 Å². The van der Waals surface area contributed by atoms with Crippen LogP contribution >= 0.6 is 0 Å². The Morgan fingerprint density at radius 2 is 1.73 bits per heavy atom. The molecule has 15 heavy (non-hydrogen) atoms. The van der Waals surface area contributed by atoms with Crippen molar-refractivity contribution in [2.24, 2.45) is 23.5 Å². The van der Waals surface area contributed by atoms with Crippen molar-refractivity contribution in [3.63, 3.8) is 0 Å². The second-order valence-corrected chi connectivity index (χ2v) is 6.28. The van der Waals surface area contributed by atoms with E-state index in [0.29, 0.717) is 0 Å². The lowest BCUT2D eigenvalue weighted by Gasteiger charge is -2.20. The minimum absolute atomic E-state index is 0.0122. The standard InChI is InChI=1S/C13H26N2/c1-13(2,14)7-8-15-9-12(10-3-4-10)11-5-6-11/h10-12,15H,3-9,14H2,1-2H3. The number of nitrogens with two attached hydrogens (primary N) is 1. The summed E-state index contributed by atoms with van der Waals surface area (Å²) in [6, 6.07) is 0. The summed E-state index contributed by atoms with van der Waals surface area (Å²) in [7, 11) is 0. The number of rotatable bonds is 7. The van der Waals surface area contributed by atoms with E-state index in [1.807, 2.05) is 0 Å². The fourth-order valence-electron chi connectivity index (χ4n) is 2.45. The fraction of sp³-hybridized carbons (Fsp3) is 1.00. The molecule has 0 amide bonds. The number of nitrogens with one attached hydrogen (secondary N) is 1. The number of hydrogen-bond acceptors (Lipinski definition) is 2. The monoisotopic (exact) mass is 210 g/mol. The Balaban J connectivity index is 1.59. The quantitative estimate of drug-likeness (QED) is 0.632. The van der Waals surface area contributed by atoms with Crippen molar-refractivity contribution in [2.75, 3.05) is 13.1 Å². The molecule has 2 fully saturated rings. The lowest BCUT2D eigenvalue weighted by atomic mass is 9.97. The third-order valence-corrected chi connectivity index (χ3v) is 3.78. The first-order valence-electron chi connectivity index (χ1n) is 6.56. The molecule has 88 valence electrons. The van der Waals surface area contributed by atoms with Gasteiger partial charge in [-0.1, -0.05) is 0 Å². The predicted octanol–water partition coefficient (Wildman–Crippen LogP) is 2.14. The second-order valence-electron chi connectivity index (χ2n) is 6.28. The molecule has 3 N–H and O–H groups in total. The highest BCUT2D eigenvalue weighted by Crippen LogP contribution is 2.48. The van der Waals surface area contributed by atoms with Gasteiger partial charge in [-0.3, -0.25) is 0 Å². The Morgan fingerprint density at radius 1 is 1.20 bits per heavy atom. The van der Waals surface area contributed by atoms with Crippen LogP contribution in [-0.4, -0.2) is 18.6 Å². The smallest absolute Gasteiger partial charge is 0.0109 e. The molecule has 2 aliphatic rings. The molecule has 2 saturated carbocycles. The van der Waals surface area contributed by atoms with E-state index in [2.05, 4.69) is 19.2 Å². The normalized spacial score (nSPS) is 22.4. The van der Waals surface area contributed by atoms with Gasteiger partial charge in [0.2, 0.25) is 0 Å². The number of hydrogen-bond donors (Lipinski definition) is 2. The molecule has 0 atom stereocenters. The zero-order chi connectivity index (χ0) is 10.9. The fourth-order valence-corrected chi connectivity index (χ4v) is 2.45. The van der Waals surface area contributed by atoms with E-state index in [0.717, 1.165) is 30.7 Å². The van der Waals surface area contributed by atoms with Crippen LogP contribution in [0.1, 0.15) is 46.0 Å². The SMILES string of the molecule is CC(C)(N)CCNCC(C1CC1)C1CC1. The molecule has 0 heterocycles. The maximum Gasteiger partial charge on any atom is 0.0109 e. The second kappa shape index (κ2) is 4.42. The molecular formula is C13H26N2. The van der Waals surface area contributed by atoms with Gasteiger partial charge in [0, 0.05) is 5.54 Å². The van der Waals surface area contributed by atoms with Crippen LogP contribution < -0.4 is 11.1 Å². The van der Waals surface area contributed by atoms with Crippen molar-refractivity contribution < 1.29 is 0 Å². The molecule has 2 heteroatoms. The van der Waals surface area contributed by atoms with Gasteiger partial charge in [-0.05, 0) is 76.8 Å². The Bertz CT molecular complexity index is 187. The first-order valence-corrected chi connectivity index (χ1v) is 6.56. The van der Waals surface area contributed by atoms with E-state index >= 15 is 0 Å². The third-order valence-electron chi connectivity index (χ3n) is 3.78. The van der Waals surface area contributed by atoms with E-state index in [-0.39, 0.29) is 5.54 Å². The van der Waals surface area contributed by atoms with Crippen LogP contribution in [0.2, 0.25) is 0 Å². The minimum atomic E-state index is -0.0122. The summed E-state index contributed by atoms with van der Waals surface area (Å²) >= 11 is 0. The lowest BCUT2D eigenvalue weighted by molar-refractivity contribution is 0.365. The van der Waals surface area contributed by atoms with Gasteiger partial charge in [-0.2, -0.15) is 0 Å². The largest absolute Gasteiger partial charge is 0.326 e. The molecule has 2 nitrogen and oxygen atoms in total. The summed E-state index contributed by atoms with van der Waals surface area (Å²) in [5, 5.41) is 3.60. The van der Waals surface area contributed by atoms with Gasteiger partial charge in [0.25, 0.3) is 0 Å². The maximum absolute atomic E-state index is 5.96. The molecule has 0 aromatic carbocycles. The van der Waals surface area contributed by atoms with Gasteiger partial charge >= 0.3 is 0 Å². The van der Waals surface area contributed by atoms with Gasteiger partial charge in [-0.15, -0.1) is 0 Å². The topological polar surface area (TPSA) is 38.0 Å². The Morgan fingerprint density at radius 3 is 2.13 bits per heavy atom. The summed E-state index contributed by atoms with van der Waals surface area (Å²) < 4.78 is 0. The molecule has 0 aromatic rings. The Hall–Kier alpha value is -0.0800. The summed E-state index contributed by atoms with van der Waals surface area (Å²) in [5.41, 5.74) is 5.94. The molecule has 0 saturated heterocycles. The van der Waals surface area contributed by atoms with Crippen LogP contribution in [0.4, 0.5) is 0 Å². The Labute approximate surface area is 94.0 Å². The van der Waals surface area contributed by atoms with E-state index in [1.54, 1.807) is 0 Å². The van der Waals surface area contributed by atoms with Crippen molar-refractivity contribution in [3.05, 3.63) is 0 Å². The van der Waals surface area contributed by atoms with Crippen molar-refractivity contribution in [2.45, 2.75) is 51.5 Å². The van der Waals surface area contributed by atoms with Gasteiger partial charge in [0.1, 0.15) is 0 Å². The van der Waals surface area contributed by atoms with E-state index in [4.69, 9.17) is 5.73 Å². The average Bonchev–Trinajstić information content (AvgIpc) is 2.98. The van der Waals surface area contributed by atoms with Crippen LogP contribution in [0.15, 0.2) is 0 Å². The summed E-state index contributed by atoms with van der Waals surface area (Å²) in [6.07, 6.45) is 7.04. The van der Waals surface area contributed by atoms with Gasteiger partial charge < -0.3 is 11.1 Å². The molecule has 0 aromatic heterocycles. The zero-order valence-electron chi connectivity index (χ0n) is 10.3. The van der Waals surface area contributed by atoms with Crippen LogP contribution in [0, 0.1) is 17.8 Å². The molecular weight excluding hydrogens is 184 g/mol. The minimum Gasteiger partial charge on any atom is -0.326 e. The van der Waals surface area contributed by atoms with Gasteiger partial charge in [0.05, 0.1) is 0 Å². The highest BCUT2D eigenvalue weighted by Gasteiger charge is 2.40. The molecule has 0 spiro atoms. The first-order chi connectivity index (χ1) is 7.06. The van der Waals surface area contributed by atoms with Crippen molar-refractivity contribution in [3.8, 4) is 0 Å². The average molecular weight is 210 g/mol. The maximum atomic E-state index is 5.96. The molecule has 0 bridgehead atoms. The van der Waals surface area contributed by atoms with Crippen molar-refractivity contribution >= 4 is 0 Å². The van der Waals surface area contributed by atoms with E-state index in [9.17, 15) is 0 Å². The highest BCUT2D eigenvalue weighted by molar-refractivity contribution is 4.92.